The molecule has 3 heteroatoms. The molecule has 1 heterocycles. The van der Waals surface area contributed by atoms with Gasteiger partial charge in [-0.15, -0.1) is 0 Å². The van der Waals surface area contributed by atoms with Gasteiger partial charge in [0.2, 0.25) is 0 Å². The summed E-state index contributed by atoms with van der Waals surface area (Å²) >= 11 is 0. The number of aryl methyl sites for hydroxylation is 2. The van der Waals surface area contributed by atoms with Crippen molar-refractivity contribution in [3.8, 4) is 0 Å². The van der Waals surface area contributed by atoms with Crippen molar-refractivity contribution < 1.29 is 0 Å². The van der Waals surface area contributed by atoms with E-state index in [4.69, 9.17) is 0 Å². The summed E-state index contributed by atoms with van der Waals surface area (Å²) in [6.45, 7) is 9.69. The van der Waals surface area contributed by atoms with Gasteiger partial charge in [-0.3, -0.25) is 4.68 Å². The number of rotatable bonds is 5. The van der Waals surface area contributed by atoms with Crippen LogP contribution in [0.4, 0.5) is 0 Å². The lowest BCUT2D eigenvalue weighted by Gasteiger charge is -2.07. The van der Waals surface area contributed by atoms with Gasteiger partial charge in [0.1, 0.15) is 0 Å². The van der Waals surface area contributed by atoms with Crippen LogP contribution in [0.15, 0.2) is 0 Å². The molecule has 0 fully saturated rings. The molecule has 1 N–H and O–H groups in total. The largest absolute Gasteiger partial charge is 0.315 e. The van der Waals surface area contributed by atoms with Crippen LogP contribution in [0.1, 0.15) is 37.2 Å². The van der Waals surface area contributed by atoms with E-state index in [-0.39, 0.29) is 0 Å². The van der Waals surface area contributed by atoms with E-state index in [1.807, 2.05) is 11.7 Å². The maximum absolute atomic E-state index is 4.42. The van der Waals surface area contributed by atoms with Crippen molar-refractivity contribution in [2.75, 3.05) is 6.54 Å². The van der Waals surface area contributed by atoms with Crippen LogP contribution in [0.3, 0.4) is 0 Å². The van der Waals surface area contributed by atoms with Crippen molar-refractivity contribution in [2.45, 2.75) is 46.6 Å². The zero-order valence-electron chi connectivity index (χ0n) is 10.6. The van der Waals surface area contributed by atoms with Crippen molar-refractivity contribution in [1.29, 1.82) is 0 Å². The highest BCUT2D eigenvalue weighted by Crippen LogP contribution is 2.13. The first-order chi connectivity index (χ1) is 7.02. The summed E-state index contributed by atoms with van der Waals surface area (Å²) in [6, 6.07) is 0.584. The molecule has 0 spiro atoms. The lowest BCUT2D eigenvalue weighted by Crippen LogP contribution is -2.24. The fraction of sp³-hybridized carbons (Fsp3) is 0.750. The second kappa shape index (κ2) is 5.31. The zero-order valence-corrected chi connectivity index (χ0v) is 10.6. The molecule has 1 rings (SSSR count). The molecule has 0 atom stereocenters. The van der Waals surface area contributed by atoms with Gasteiger partial charge >= 0.3 is 0 Å². The summed E-state index contributed by atoms with van der Waals surface area (Å²) in [5.41, 5.74) is 3.90. The first-order valence-corrected chi connectivity index (χ1v) is 5.74. The summed E-state index contributed by atoms with van der Waals surface area (Å²) < 4.78 is 1.97. The van der Waals surface area contributed by atoms with E-state index in [9.17, 15) is 0 Å². The van der Waals surface area contributed by atoms with Gasteiger partial charge in [-0.2, -0.15) is 5.10 Å². The van der Waals surface area contributed by atoms with Gasteiger partial charge in [0.15, 0.2) is 0 Å². The Balaban J connectivity index is 2.44. The number of hydrogen-bond acceptors (Lipinski definition) is 2. The van der Waals surface area contributed by atoms with Crippen molar-refractivity contribution in [1.82, 2.24) is 15.1 Å². The minimum atomic E-state index is 0.584. The van der Waals surface area contributed by atoms with E-state index in [1.165, 1.54) is 23.4 Å². The van der Waals surface area contributed by atoms with E-state index in [0.717, 1.165) is 13.0 Å². The summed E-state index contributed by atoms with van der Waals surface area (Å²) in [5, 5.41) is 7.85. The summed E-state index contributed by atoms with van der Waals surface area (Å²) in [6.07, 6.45) is 2.32. The zero-order chi connectivity index (χ0) is 11.4. The Morgan fingerprint density at radius 1 is 1.33 bits per heavy atom. The second-order valence-corrected chi connectivity index (χ2v) is 4.49. The molecule has 0 aliphatic rings. The molecular weight excluding hydrogens is 186 g/mol. The van der Waals surface area contributed by atoms with Crippen LogP contribution < -0.4 is 5.32 Å². The molecule has 0 aliphatic heterocycles. The van der Waals surface area contributed by atoms with Crippen molar-refractivity contribution in [3.05, 3.63) is 17.0 Å². The molecule has 0 saturated heterocycles. The molecular formula is C12H23N3. The third kappa shape index (κ3) is 3.34. The molecule has 86 valence electrons. The number of nitrogens with one attached hydrogen (secondary N) is 1. The van der Waals surface area contributed by atoms with Gasteiger partial charge in [0, 0.05) is 18.8 Å². The highest BCUT2D eigenvalue weighted by Gasteiger charge is 2.08. The molecule has 0 saturated carbocycles. The summed E-state index contributed by atoms with van der Waals surface area (Å²) in [5.74, 6) is 0. The molecule has 0 aliphatic carbocycles. The first-order valence-electron chi connectivity index (χ1n) is 5.74. The predicted octanol–water partition coefficient (Wildman–Crippen LogP) is 1.97. The number of aromatic nitrogens is 2. The van der Waals surface area contributed by atoms with Crippen LogP contribution >= 0.6 is 0 Å². The van der Waals surface area contributed by atoms with Gasteiger partial charge in [0.05, 0.1) is 5.69 Å². The fourth-order valence-corrected chi connectivity index (χ4v) is 1.84. The molecule has 0 aromatic carbocycles. The molecule has 0 unspecified atom stereocenters. The van der Waals surface area contributed by atoms with Crippen LogP contribution in [0.5, 0.6) is 0 Å². The monoisotopic (exact) mass is 209 g/mol. The maximum atomic E-state index is 4.42. The molecule has 3 nitrogen and oxygen atoms in total. The van der Waals surface area contributed by atoms with E-state index < -0.39 is 0 Å². The van der Waals surface area contributed by atoms with Gasteiger partial charge in [-0.25, -0.2) is 0 Å². The Hall–Kier alpha value is -0.830. The standard InChI is InChI=1S/C12H23N3/c1-9(2)13-8-6-7-12-10(3)14-15(5)11(12)4/h9,13H,6-8H2,1-5H3. The number of hydrogen-bond donors (Lipinski definition) is 1. The van der Waals surface area contributed by atoms with Crippen LogP contribution in [-0.4, -0.2) is 22.4 Å². The van der Waals surface area contributed by atoms with Crippen molar-refractivity contribution in [3.63, 3.8) is 0 Å². The molecule has 1 aromatic heterocycles. The normalized spacial score (nSPS) is 11.3. The quantitative estimate of drug-likeness (QED) is 0.751. The van der Waals surface area contributed by atoms with Crippen LogP contribution in [0.2, 0.25) is 0 Å². The third-order valence-corrected chi connectivity index (χ3v) is 2.82. The predicted molar refractivity (Wildman–Crippen MR) is 64.1 cm³/mol. The minimum absolute atomic E-state index is 0.584. The Morgan fingerprint density at radius 2 is 2.00 bits per heavy atom. The lowest BCUT2D eigenvalue weighted by atomic mass is 10.1. The third-order valence-electron chi connectivity index (χ3n) is 2.82. The first kappa shape index (κ1) is 12.2. The molecule has 15 heavy (non-hydrogen) atoms. The van der Waals surface area contributed by atoms with Gasteiger partial charge in [-0.1, -0.05) is 13.8 Å². The molecule has 0 bridgehead atoms. The van der Waals surface area contributed by atoms with Crippen LogP contribution in [0.25, 0.3) is 0 Å². The highest BCUT2D eigenvalue weighted by molar-refractivity contribution is 5.24. The van der Waals surface area contributed by atoms with E-state index in [2.05, 4.69) is 38.1 Å². The Labute approximate surface area is 92.9 Å². The Kier molecular flexibility index (Phi) is 4.33. The van der Waals surface area contributed by atoms with E-state index in [1.54, 1.807) is 0 Å². The average molecular weight is 209 g/mol. The number of nitrogens with zero attached hydrogens (tertiary/aromatic N) is 2. The lowest BCUT2D eigenvalue weighted by molar-refractivity contribution is 0.569. The van der Waals surface area contributed by atoms with Crippen LogP contribution in [0, 0.1) is 13.8 Å². The molecule has 0 amide bonds. The second-order valence-electron chi connectivity index (χ2n) is 4.49. The van der Waals surface area contributed by atoms with Gasteiger partial charge in [-0.05, 0) is 38.8 Å². The molecule has 1 aromatic rings. The van der Waals surface area contributed by atoms with E-state index in [0.29, 0.717) is 6.04 Å². The van der Waals surface area contributed by atoms with Crippen molar-refractivity contribution in [2.24, 2.45) is 7.05 Å². The van der Waals surface area contributed by atoms with Gasteiger partial charge in [0.25, 0.3) is 0 Å². The minimum Gasteiger partial charge on any atom is -0.315 e. The molecule has 0 radical (unpaired) electrons. The summed E-state index contributed by atoms with van der Waals surface area (Å²) in [4.78, 5) is 0. The van der Waals surface area contributed by atoms with Gasteiger partial charge < -0.3 is 5.32 Å². The Morgan fingerprint density at radius 3 is 2.47 bits per heavy atom. The van der Waals surface area contributed by atoms with Crippen molar-refractivity contribution >= 4 is 0 Å². The smallest absolute Gasteiger partial charge is 0.0628 e. The topological polar surface area (TPSA) is 29.9 Å². The van der Waals surface area contributed by atoms with Crippen LogP contribution in [-0.2, 0) is 13.5 Å². The van der Waals surface area contributed by atoms with E-state index >= 15 is 0 Å². The fourth-order valence-electron chi connectivity index (χ4n) is 1.84. The maximum Gasteiger partial charge on any atom is 0.0628 e. The SMILES string of the molecule is Cc1nn(C)c(C)c1CCCNC(C)C. The average Bonchev–Trinajstić information content (AvgIpc) is 2.37. The highest BCUT2D eigenvalue weighted by atomic mass is 15.3. The Bertz CT molecular complexity index is 313. The summed E-state index contributed by atoms with van der Waals surface area (Å²) in [7, 11) is 2.01.